The number of nitro groups is 1. The van der Waals surface area contributed by atoms with Crippen LogP contribution in [-0.2, 0) is 13.1 Å². The van der Waals surface area contributed by atoms with E-state index < -0.39 is 4.92 Å². The van der Waals surface area contributed by atoms with Gasteiger partial charge in [-0.15, -0.1) is 0 Å². The number of aromatic nitrogens is 4. The molecule has 2 aromatic carbocycles. The van der Waals surface area contributed by atoms with Gasteiger partial charge in [-0.2, -0.15) is 5.10 Å². The standard InChI is InChI=1S/C23H23N7O4/c1-27(2)19-5-3-4-17(12-19)22(31)24-10-11-29-21-20(13-26-29)23(32)28(15-25-21)14-16-6-8-18(9-7-16)30(33)34/h3-9,12-13,15H,10-11,14H2,1-2H3,(H,24,31). The number of anilines is 1. The Balaban J connectivity index is 1.43. The number of amides is 1. The van der Waals surface area contributed by atoms with Crippen molar-refractivity contribution in [2.45, 2.75) is 13.1 Å². The molecular formula is C23H23N7O4. The van der Waals surface area contributed by atoms with Gasteiger partial charge in [-0.25, -0.2) is 9.67 Å². The predicted molar refractivity (Wildman–Crippen MR) is 127 cm³/mol. The molecule has 2 aromatic heterocycles. The molecule has 0 atom stereocenters. The van der Waals surface area contributed by atoms with Crippen molar-refractivity contribution < 1.29 is 9.72 Å². The molecule has 34 heavy (non-hydrogen) atoms. The molecule has 1 amide bonds. The fraction of sp³-hybridized carbons (Fsp3) is 0.217. The molecule has 11 heteroatoms. The summed E-state index contributed by atoms with van der Waals surface area (Å²) in [6.07, 6.45) is 2.88. The number of benzene rings is 2. The lowest BCUT2D eigenvalue weighted by Gasteiger charge is -2.13. The molecule has 0 aliphatic heterocycles. The van der Waals surface area contributed by atoms with Gasteiger partial charge in [0.05, 0.1) is 24.2 Å². The summed E-state index contributed by atoms with van der Waals surface area (Å²) in [4.78, 5) is 42.0. The molecule has 0 saturated heterocycles. The molecule has 0 radical (unpaired) electrons. The Hall–Kier alpha value is -4.54. The van der Waals surface area contributed by atoms with Gasteiger partial charge in [0.25, 0.3) is 17.2 Å². The molecule has 11 nitrogen and oxygen atoms in total. The van der Waals surface area contributed by atoms with E-state index in [4.69, 9.17) is 0 Å². The summed E-state index contributed by atoms with van der Waals surface area (Å²) in [6.45, 7) is 0.893. The minimum Gasteiger partial charge on any atom is -0.378 e. The van der Waals surface area contributed by atoms with Crippen molar-refractivity contribution in [2.75, 3.05) is 25.5 Å². The fourth-order valence-corrected chi connectivity index (χ4v) is 3.50. The zero-order chi connectivity index (χ0) is 24.2. The Morgan fingerprint density at radius 1 is 1.18 bits per heavy atom. The van der Waals surface area contributed by atoms with Gasteiger partial charge in [-0.05, 0) is 23.8 Å². The maximum atomic E-state index is 12.9. The minimum absolute atomic E-state index is 0.0107. The van der Waals surface area contributed by atoms with Gasteiger partial charge in [0.2, 0.25) is 0 Å². The lowest BCUT2D eigenvalue weighted by atomic mass is 10.2. The summed E-state index contributed by atoms with van der Waals surface area (Å²) in [6, 6.07) is 13.3. The number of rotatable bonds is 8. The highest BCUT2D eigenvalue weighted by molar-refractivity contribution is 5.95. The van der Waals surface area contributed by atoms with E-state index in [-0.39, 0.29) is 23.7 Å². The van der Waals surface area contributed by atoms with Crippen molar-refractivity contribution in [1.82, 2.24) is 24.6 Å². The van der Waals surface area contributed by atoms with Crippen LogP contribution in [0.15, 0.2) is 65.8 Å². The van der Waals surface area contributed by atoms with E-state index in [0.717, 1.165) is 11.3 Å². The lowest BCUT2D eigenvalue weighted by molar-refractivity contribution is -0.384. The van der Waals surface area contributed by atoms with Crippen LogP contribution in [0.4, 0.5) is 11.4 Å². The Morgan fingerprint density at radius 2 is 1.94 bits per heavy atom. The molecule has 1 N–H and O–H groups in total. The van der Waals surface area contributed by atoms with E-state index in [0.29, 0.717) is 29.7 Å². The first-order valence-electron chi connectivity index (χ1n) is 10.5. The van der Waals surface area contributed by atoms with E-state index in [1.165, 1.54) is 29.2 Å². The second-order valence-corrected chi connectivity index (χ2v) is 7.91. The average molecular weight is 461 g/mol. The van der Waals surface area contributed by atoms with E-state index in [1.807, 2.05) is 37.2 Å². The molecule has 0 spiro atoms. The number of carbonyl (C=O) groups excluding carboxylic acids is 1. The third-order valence-electron chi connectivity index (χ3n) is 5.36. The molecule has 0 fully saturated rings. The molecule has 0 bridgehead atoms. The summed E-state index contributed by atoms with van der Waals surface area (Å²) >= 11 is 0. The van der Waals surface area contributed by atoms with Crippen LogP contribution in [0.1, 0.15) is 15.9 Å². The van der Waals surface area contributed by atoms with Crippen LogP contribution in [0.25, 0.3) is 11.0 Å². The summed E-state index contributed by atoms with van der Waals surface area (Å²) in [5, 5.41) is 18.3. The molecule has 174 valence electrons. The van der Waals surface area contributed by atoms with Gasteiger partial charge >= 0.3 is 0 Å². The normalized spacial score (nSPS) is 10.9. The van der Waals surface area contributed by atoms with E-state index in [1.54, 1.807) is 22.9 Å². The monoisotopic (exact) mass is 461 g/mol. The van der Waals surface area contributed by atoms with Gasteiger partial charge in [-0.3, -0.25) is 24.3 Å². The summed E-state index contributed by atoms with van der Waals surface area (Å²) in [5.74, 6) is -0.196. The largest absolute Gasteiger partial charge is 0.378 e. The summed E-state index contributed by atoms with van der Waals surface area (Å²) in [7, 11) is 3.82. The van der Waals surface area contributed by atoms with Gasteiger partial charge < -0.3 is 10.2 Å². The Kier molecular flexibility index (Phi) is 6.35. The quantitative estimate of drug-likeness (QED) is 0.314. The smallest absolute Gasteiger partial charge is 0.269 e. The highest BCUT2D eigenvalue weighted by Gasteiger charge is 2.12. The number of nitrogens with one attached hydrogen (secondary N) is 1. The highest BCUT2D eigenvalue weighted by Crippen LogP contribution is 2.14. The number of carbonyl (C=O) groups is 1. The zero-order valence-electron chi connectivity index (χ0n) is 18.7. The van der Waals surface area contributed by atoms with Gasteiger partial charge in [0.1, 0.15) is 11.7 Å². The number of nitro benzene ring substituents is 1. The molecular weight excluding hydrogens is 438 g/mol. The van der Waals surface area contributed by atoms with Crippen LogP contribution in [-0.4, -0.2) is 50.8 Å². The molecule has 0 aliphatic carbocycles. The summed E-state index contributed by atoms with van der Waals surface area (Å²) in [5.41, 5.74) is 2.38. The van der Waals surface area contributed by atoms with E-state index in [2.05, 4.69) is 15.4 Å². The number of hydrogen-bond donors (Lipinski definition) is 1. The first-order chi connectivity index (χ1) is 16.3. The van der Waals surface area contributed by atoms with Crippen LogP contribution in [0, 0.1) is 10.1 Å². The molecule has 0 aliphatic rings. The average Bonchev–Trinajstić information content (AvgIpc) is 3.25. The Labute approximate surface area is 194 Å². The minimum atomic E-state index is -0.471. The third-order valence-corrected chi connectivity index (χ3v) is 5.36. The Bertz CT molecular complexity index is 1410. The second-order valence-electron chi connectivity index (χ2n) is 7.91. The van der Waals surface area contributed by atoms with E-state index >= 15 is 0 Å². The third kappa shape index (κ3) is 4.77. The molecule has 4 rings (SSSR count). The first-order valence-corrected chi connectivity index (χ1v) is 10.5. The van der Waals surface area contributed by atoms with Crippen molar-refractivity contribution in [2.24, 2.45) is 0 Å². The van der Waals surface area contributed by atoms with Gasteiger partial charge in [0, 0.05) is 44.0 Å². The number of fused-ring (bicyclic) bond motifs is 1. The van der Waals surface area contributed by atoms with Crippen LogP contribution >= 0.6 is 0 Å². The topological polar surface area (TPSA) is 128 Å². The first kappa shape index (κ1) is 22.6. The van der Waals surface area contributed by atoms with Crippen molar-refractivity contribution in [3.05, 3.63) is 92.7 Å². The number of nitrogens with zero attached hydrogens (tertiary/aromatic N) is 6. The van der Waals surface area contributed by atoms with Crippen molar-refractivity contribution in [3.8, 4) is 0 Å². The van der Waals surface area contributed by atoms with E-state index in [9.17, 15) is 19.7 Å². The fourth-order valence-electron chi connectivity index (χ4n) is 3.50. The van der Waals surface area contributed by atoms with Crippen molar-refractivity contribution >= 4 is 28.3 Å². The highest BCUT2D eigenvalue weighted by atomic mass is 16.6. The van der Waals surface area contributed by atoms with Crippen LogP contribution < -0.4 is 15.8 Å². The maximum Gasteiger partial charge on any atom is 0.269 e. The Morgan fingerprint density at radius 3 is 2.65 bits per heavy atom. The number of hydrogen-bond acceptors (Lipinski definition) is 7. The molecule has 0 saturated carbocycles. The second kappa shape index (κ2) is 9.53. The van der Waals surface area contributed by atoms with Gasteiger partial charge in [-0.1, -0.05) is 18.2 Å². The molecule has 0 unspecified atom stereocenters. The van der Waals surface area contributed by atoms with Crippen molar-refractivity contribution in [3.63, 3.8) is 0 Å². The van der Waals surface area contributed by atoms with Crippen LogP contribution in [0.3, 0.4) is 0 Å². The molecule has 2 heterocycles. The maximum absolute atomic E-state index is 12.9. The zero-order valence-corrected chi connectivity index (χ0v) is 18.7. The lowest BCUT2D eigenvalue weighted by Crippen LogP contribution is -2.28. The van der Waals surface area contributed by atoms with Gasteiger partial charge in [0.15, 0.2) is 5.65 Å². The van der Waals surface area contributed by atoms with Crippen molar-refractivity contribution in [1.29, 1.82) is 0 Å². The SMILES string of the molecule is CN(C)c1cccc(C(=O)NCCn2ncc3c(=O)n(Cc4ccc([N+](=O)[O-])cc4)cnc32)c1. The predicted octanol–water partition coefficient (Wildman–Crippen LogP) is 2.05. The van der Waals surface area contributed by atoms with Crippen LogP contribution in [0.2, 0.25) is 0 Å². The number of non-ortho nitro benzene ring substituents is 1. The van der Waals surface area contributed by atoms with Crippen LogP contribution in [0.5, 0.6) is 0 Å². The molecule has 4 aromatic rings. The summed E-state index contributed by atoms with van der Waals surface area (Å²) < 4.78 is 3.00.